The SMILES string of the molecule is CN=C(NCCc1ccccc1)NCc1nccn1C(F)F. The van der Waals surface area contributed by atoms with Crippen molar-refractivity contribution in [3.8, 4) is 0 Å². The molecule has 0 radical (unpaired) electrons. The molecule has 0 spiro atoms. The van der Waals surface area contributed by atoms with E-state index in [9.17, 15) is 8.78 Å². The lowest BCUT2D eigenvalue weighted by atomic mass is 10.1. The summed E-state index contributed by atoms with van der Waals surface area (Å²) in [7, 11) is 1.64. The number of alkyl halides is 2. The lowest BCUT2D eigenvalue weighted by molar-refractivity contribution is 0.0668. The van der Waals surface area contributed by atoms with Gasteiger partial charge in [-0.3, -0.25) is 9.56 Å². The molecule has 0 saturated heterocycles. The monoisotopic (exact) mass is 307 g/mol. The van der Waals surface area contributed by atoms with E-state index in [0.717, 1.165) is 11.0 Å². The number of nitrogens with one attached hydrogen (secondary N) is 2. The number of benzene rings is 1. The minimum atomic E-state index is -2.59. The van der Waals surface area contributed by atoms with Crippen molar-refractivity contribution in [3.63, 3.8) is 0 Å². The first-order valence-electron chi connectivity index (χ1n) is 6.99. The number of hydrogen-bond acceptors (Lipinski definition) is 2. The minimum absolute atomic E-state index is 0.183. The van der Waals surface area contributed by atoms with E-state index in [0.29, 0.717) is 12.5 Å². The van der Waals surface area contributed by atoms with Crippen molar-refractivity contribution < 1.29 is 8.78 Å². The van der Waals surface area contributed by atoms with Crippen LogP contribution in [0.2, 0.25) is 0 Å². The summed E-state index contributed by atoms with van der Waals surface area (Å²) in [6.07, 6.45) is 3.47. The molecule has 1 heterocycles. The Hall–Kier alpha value is -2.44. The van der Waals surface area contributed by atoms with Crippen LogP contribution in [0, 0.1) is 0 Å². The number of aromatic nitrogens is 2. The molecule has 0 aliphatic heterocycles. The molecule has 5 nitrogen and oxygen atoms in total. The quantitative estimate of drug-likeness (QED) is 0.635. The van der Waals surface area contributed by atoms with E-state index >= 15 is 0 Å². The average Bonchev–Trinajstić information content (AvgIpc) is 3.00. The van der Waals surface area contributed by atoms with Gasteiger partial charge in [-0.2, -0.15) is 8.78 Å². The van der Waals surface area contributed by atoms with Crippen molar-refractivity contribution >= 4 is 5.96 Å². The molecule has 0 saturated carbocycles. The second-order valence-corrected chi connectivity index (χ2v) is 4.62. The number of hydrogen-bond donors (Lipinski definition) is 2. The van der Waals surface area contributed by atoms with Gasteiger partial charge in [-0.1, -0.05) is 30.3 Å². The van der Waals surface area contributed by atoms with Crippen molar-refractivity contribution in [1.82, 2.24) is 20.2 Å². The molecule has 1 aromatic carbocycles. The summed E-state index contributed by atoms with van der Waals surface area (Å²) >= 11 is 0. The Morgan fingerprint density at radius 3 is 2.73 bits per heavy atom. The zero-order valence-electron chi connectivity index (χ0n) is 12.3. The maximum Gasteiger partial charge on any atom is 0.319 e. The van der Waals surface area contributed by atoms with E-state index in [4.69, 9.17) is 0 Å². The fourth-order valence-corrected chi connectivity index (χ4v) is 2.01. The Morgan fingerprint density at radius 1 is 1.27 bits per heavy atom. The maximum absolute atomic E-state index is 12.7. The molecule has 0 aliphatic rings. The molecule has 7 heteroatoms. The first kappa shape index (κ1) is 15.9. The van der Waals surface area contributed by atoms with Crippen LogP contribution in [0.15, 0.2) is 47.7 Å². The van der Waals surface area contributed by atoms with E-state index < -0.39 is 6.55 Å². The molecule has 22 heavy (non-hydrogen) atoms. The third-order valence-electron chi connectivity index (χ3n) is 3.15. The Balaban J connectivity index is 1.79. The van der Waals surface area contributed by atoms with Gasteiger partial charge >= 0.3 is 6.55 Å². The van der Waals surface area contributed by atoms with Crippen molar-refractivity contribution in [2.75, 3.05) is 13.6 Å². The maximum atomic E-state index is 12.7. The van der Waals surface area contributed by atoms with Gasteiger partial charge in [-0.15, -0.1) is 0 Å². The van der Waals surface area contributed by atoms with Gasteiger partial charge in [0.15, 0.2) is 5.96 Å². The molecule has 2 rings (SSSR count). The van der Waals surface area contributed by atoms with Crippen molar-refractivity contribution in [1.29, 1.82) is 0 Å². The van der Waals surface area contributed by atoms with Crippen molar-refractivity contribution in [3.05, 3.63) is 54.1 Å². The highest BCUT2D eigenvalue weighted by Crippen LogP contribution is 2.11. The van der Waals surface area contributed by atoms with Gasteiger partial charge in [-0.25, -0.2) is 4.98 Å². The summed E-state index contributed by atoms with van der Waals surface area (Å²) in [6.45, 7) is -1.71. The van der Waals surface area contributed by atoms with Crippen LogP contribution in [0.3, 0.4) is 0 Å². The van der Waals surface area contributed by atoms with Gasteiger partial charge < -0.3 is 10.6 Å². The van der Waals surface area contributed by atoms with Crippen molar-refractivity contribution in [2.45, 2.75) is 19.5 Å². The first-order chi connectivity index (χ1) is 10.7. The topological polar surface area (TPSA) is 54.2 Å². The number of guanidine groups is 1. The number of aliphatic imine (C=N–C) groups is 1. The molecule has 0 unspecified atom stereocenters. The summed E-state index contributed by atoms with van der Waals surface area (Å²) in [5.74, 6) is 0.820. The van der Waals surface area contributed by atoms with E-state index in [1.54, 1.807) is 7.05 Å². The number of nitrogens with zero attached hydrogens (tertiary/aromatic N) is 3. The molecule has 0 aliphatic carbocycles. The molecule has 1 aromatic heterocycles. The molecule has 0 bridgehead atoms. The summed E-state index contributed by atoms with van der Waals surface area (Å²) < 4.78 is 26.2. The van der Waals surface area contributed by atoms with E-state index in [1.807, 2.05) is 18.2 Å². The third kappa shape index (κ3) is 4.54. The molecule has 0 fully saturated rings. The molecule has 118 valence electrons. The van der Waals surface area contributed by atoms with Crippen LogP contribution in [0.5, 0.6) is 0 Å². The zero-order valence-corrected chi connectivity index (χ0v) is 12.3. The molecular weight excluding hydrogens is 288 g/mol. The van der Waals surface area contributed by atoms with E-state index in [-0.39, 0.29) is 12.4 Å². The Morgan fingerprint density at radius 2 is 2.05 bits per heavy atom. The second-order valence-electron chi connectivity index (χ2n) is 4.62. The van der Waals surface area contributed by atoms with E-state index in [2.05, 4.69) is 32.7 Å². The fraction of sp³-hybridized carbons (Fsp3) is 0.333. The summed E-state index contributed by atoms with van der Waals surface area (Å²) in [5.41, 5.74) is 1.22. The Kier molecular flexibility index (Phi) is 5.88. The highest BCUT2D eigenvalue weighted by molar-refractivity contribution is 5.79. The van der Waals surface area contributed by atoms with Crippen molar-refractivity contribution in [2.24, 2.45) is 4.99 Å². The van der Waals surface area contributed by atoms with Crippen LogP contribution in [0.25, 0.3) is 0 Å². The van der Waals surface area contributed by atoms with E-state index in [1.165, 1.54) is 18.0 Å². The molecule has 2 N–H and O–H groups in total. The summed E-state index contributed by atoms with van der Waals surface area (Å²) in [6, 6.07) is 10.1. The fourth-order valence-electron chi connectivity index (χ4n) is 2.01. The van der Waals surface area contributed by atoms with Gasteiger partial charge in [0.1, 0.15) is 5.82 Å². The lowest BCUT2D eigenvalue weighted by Gasteiger charge is -2.12. The van der Waals surface area contributed by atoms with Crippen LogP contribution in [0.1, 0.15) is 17.9 Å². The normalized spacial score (nSPS) is 11.7. The zero-order chi connectivity index (χ0) is 15.8. The largest absolute Gasteiger partial charge is 0.356 e. The summed E-state index contributed by atoms with van der Waals surface area (Å²) in [4.78, 5) is 7.97. The van der Waals surface area contributed by atoms with Gasteiger partial charge in [0.2, 0.25) is 0 Å². The Labute approximate surface area is 128 Å². The molecule has 0 amide bonds. The average molecular weight is 307 g/mol. The predicted octanol–water partition coefficient (Wildman–Crippen LogP) is 2.19. The number of imidazole rings is 1. The number of rotatable bonds is 6. The Bertz CT molecular complexity index is 595. The standard InChI is InChI=1S/C15H19F2N5/c1-18-15(20-8-7-12-5-3-2-4-6-12)21-11-13-19-9-10-22(13)14(16)17/h2-6,9-10,14H,7-8,11H2,1H3,(H2,18,20,21). The minimum Gasteiger partial charge on any atom is -0.356 e. The lowest BCUT2D eigenvalue weighted by Crippen LogP contribution is -2.38. The molecular formula is C15H19F2N5. The predicted molar refractivity (Wildman–Crippen MR) is 81.8 cm³/mol. The van der Waals surface area contributed by atoms with Crippen LogP contribution < -0.4 is 10.6 Å². The van der Waals surface area contributed by atoms with Crippen LogP contribution in [-0.2, 0) is 13.0 Å². The van der Waals surface area contributed by atoms with Gasteiger partial charge in [-0.05, 0) is 12.0 Å². The van der Waals surface area contributed by atoms with Crippen LogP contribution in [-0.4, -0.2) is 29.1 Å². The first-order valence-corrected chi connectivity index (χ1v) is 6.99. The molecule has 0 atom stereocenters. The third-order valence-corrected chi connectivity index (χ3v) is 3.15. The van der Waals surface area contributed by atoms with Gasteiger partial charge in [0.25, 0.3) is 0 Å². The van der Waals surface area contributed by atoms with Crippen LogP contribution in [0.4, 0.5) is 8.78 Å². The second kappa shape index (κ2) is 8.11. The van der Waals surface area contributed by atoms with Crippen LogP contribution >= 0.6 is 0 Å². The number of halogens is 2. The highest BCUT2D eigenvalue weighted by atomic mass is 19.3. The smallest absolute Gasteiger partial charge is 0.319 e. The molecule has 2 aromatic rings. The highest BCUT2D eigenvalue weighted by Gasteiger charge is 2.11. The van der Waals surface area contributed by atoms with Gasteiger partial charge in [0, 0.05) is 26.0 Å². The summed E-state index contributed by atoms with van der Waals surface area (Å²) in [5, 5.41) is 6.12. The van der Waals surface area contributed by atoms with Gasteiger partial charge in [0.05, 0.1) is 6.54 Å².